The van der Waals surface area contributed by atoms with E-state index in [2.05, 4.69) is 10.3 Å². The number of fused-ring (bicyclic) bond motifs is 2. The van der Waals surface area contributed by atoms with Gasteiger partial charge in [0.2, 0.25) is 5.43 Å². The van der Waals surface area contributed by atoms with Crippen molar-refractivity contribution in [1.82, 2.24) is 19.8 Å². The molecule has 2 aromatic heterocycles. The third-order valence-corrected chi connectivity index (χ3v) is 17.8. The van der Waals surface area contributed by atoms with Crippen LogP contribution in [-0.2, 0) is 70.0 Å². The third-order valence-electron chi connectivity index (χ3n) is 16.6. The molecule has 6 rings (SSSR count). The number of methoxy groups -OCH3 is 2. The van der Waals surface area contributed by atoms with E-state index in [0.29, 0.717) is 38.0 Å². The minimum atomic E-state index is -4.21. The van der Waals surface area contributed by atoms with Gasteiger partial charge in [0.25, 0.3) is 10.1 Å². The van der Waals surface area contributed by atoms with E-state index in [1.807, 2.05) is 32.8 Å². The molecular formula is C53H84N4O18S. The van der Waals surface area contributed by atoms with Crippen LogP contribution in [0, 0.1) is 23.7 Å². The Hall–Kier alpha value is -3.56. The molecule has 3 saturated heterocycles. The van der Waals surface area contributed by atoms with Crippen molar-refractivity contribution in [2.24, 2.45) is 23.7 Å². The maximum Gasteiger partial charge on any atom is 0.341 e. The number of rotatable bonds is 18. The number of hydrogen-bond donors (Lipinski definition) is 5. The Balaban J connectivity index is 1.19. The number of aromatic nitrogens is 2. The summed E-state index contributed by atoms with van der Waals surface area (Å²) >= 11 is 0. The lowest BCUT2D eigenvalue weighted by atomic mass is 9.67. The van der Waals surface area contributed by atoms with Gasteiger partial charge in [0, 0.05) is 69.9 Å². The molecule has 4 fully saturated rings. The molecule has 22 nitrogen and oxygen atoms in total. The molecule has 5 N–H and O–H groups in total. The predicted molar refractivity (Wildman–Crippen MR) is 277 cm³/mol. The molecule has 1 saturated carbocycles. The number of aliphatic hydroxyl groups excluding tert-OH is 2. The number of esters is 1. The second kappa shape index (κ2) is 24.8. The Morgan fingerprint density at radius 2 is 1.63 bits per heavy atom. The molecule has 76 heavy (non-hydrogen) atoms. The molecule has 18 atom stereocenters. The Morgan fingerprint density at radius 1 is 0.961 bits per heavy atom. The fourth-order valence-corrected chi connectivity index (χ4v) is 12.9. The van der Waals surface area contributed by atoms with E-state index < -0.39 is 129 Å². The van der Waals surface area contributed by atoms with Crippen LogP contribution in [0.2, 0.25) is 0 Å². The molecule has 0 radical (unpaired) electrons. The van der Waals surface area contributed by atoms with E-state index in [1.165, 1.54) is 20.4 Å². The van der Waals surface area contributed by atoms with E-state index in [-0.39, 0.29) is 61.1 Å². The SMILES string of the molecule is CCn1cc(C(=O)O)c(=O)c2cc(CCCNCCS(=O)(=O)O[C@H]3[C@H](C)O[C@@H](O[C@H]4[C@H](C)[C@@H](O[C@@H]5O[C@H](C)C[C@H](N(C)C)[C@H]5O)[C@](C)(OC)C[C@@H](C)C(=O)[C@H](C)[C@@H](O)[C@@]5(O)CC[C@H]5OC(=O)[C@@H]4C)C[C@@]3(C)OC)cnc21. The van der Waals surface area contributed by atoms with Gasteiger partial charge in [-0.1, -0.05) is 20.8 Å². The van der Waals surface area contributed by atoms with Gasteiger partial charge < -0.3 is 68.4 Å². The molecule has 4 aliphatic rings. The first-order chi connectivity index (χ1) is 35.5. The van der Waals surface area contributed by atoms with E-state index in [9.17, 15) is 48.0 Å². The first-order valence-corrected chi connectivity index (χ1v) is 28.2. The largest absolute Gasteiger partial charge is 0.477 e. The number of aryl methyl sites for hydroxylation is 2. The number of carbonyl (C=O) groups excluding carboxylic acids is 2. The highest BCUT2D eigenvalue weighted by Crippen LogP contribution is 2.45. The Morgan fingerprint density at radius 3 is 2.24 bits per heavy atom. The highest BCUT2D eigenvalue weighted by Gasteiger charge is 2.58. The zero-order chi connectivity index (χ0) is 56.4. The molecule has 2 aromatic rings. The van der Waals surface area contributed by atoms with Gasteiger partial charge in [-0.05, 0) is 112 Å². The molecule has 430 valence electrons. The number of ketones is 1. The number of nitrogens with zero attached hydrogens (tertiary/aromatic N) is 3. The van der Waals surface area contributed by atoms with Crippen LogP contribution in [0.4, 0.5) is 0 Å². The van der Waals surface area contributed by atoms with Crippen molar-refractivity contribution in [3.05, 3.63) is 39.8 Å². The van der Waals surface area contributed by atoms with Crippen LogP contribution in [0.25, 0.3) is 11.0 Å². The van der Waals surface area contributed by atoms with Crippen molar-refractivity contribution < 1.29 is 80.6 Å². The lowest BCUT2D eigenvalue weighted by Gasteiger charge is -2.51. The third kappa shape index (κ3) is 13.2. The number of aromatic carboxylic acids is 1. The quantitative estimate of drug-likeness (QED) is 0.0815. The Labute approximate surface area is 446 Å². The number of nitrogens with one attached hydrogen (secondary N) is 1. The predicted octanol–water partition coefficient (Wildman–Crippen LogP) is 2.81. The maximum absolute atomic E-state index is 14.4. The van der Waals surface area contributed by atoms with Crippen molar-refractivity contribution in [3.63, 3.8) is 0 Å². The average molecular weight is 1100 g/mol. The van der Waals surface area contributed by atoms with Gasteiger partial charge in [0.05, 0.1) is 58.8 Å². The fourth-order valence-electron chi connectivity index (χ4n) is 11.7. The summed E-state index contributed by atoms with van der Waals surface area (Å²) in [7, 11) is 2.39. The van der Waals surface area contributed by atoms with E-state index >= 15 is 0 Å². The topological polar surface area (TPSA) is 290 Å². The van der Waals surface area contributed by atoms with Gasteiger partial charge in [-0.15, -0.1) is 0 Å². The highest BCUT2D eigenvalue weighted by molar-refractivity contribution is 7.86. The number of aliphatic hydroxyl groups is 3. The van der Waals surface area contributed by atoms with Gasteiger partial charge in [0.15, 0.2) is 12.6 Å². The lowest BCUT2D eigenvalue weighted by Crippen LogP contribution is -2.65. The summed E-state index contributed by atoms with van der Waals surface area (Å²) in [6.07, 6.45) is -6.04. The first kappa shape index (κ1) is 61.6. The average Bonchev–Trinajstić information content (AvgIpc) is 3.37. The molecule has 23 heteroatoms. The summed E-state index contributed by atoms with van der Waals surface area (Å²) in [5.74, 6) is -6.58. The molecule has 0 amide bonds. The normalized spacial score (nSPS) is 38.0. The van der Waals surface area contributed by atoms with Gasteiger partial charge >= 0.3 is 11.9 Å². The zero-order valence-corrected chi connectivity index (χ0v) is 47.2. The Bertz CT molecular complexity index is 2530. The molecule has 0 bridgehead atoms. The maximum atomic E-state index is 14.4. The first-order valence-electron chi connectivity index (χ1n) is 26.6. The number of pyridine rings is 2. The van der Waals surface area contributed by atoms with Gasteiger partial charge in [-0.25, -0.2) is 9.78 Å². The van der Waals surface area contributed by atoms with Crippen LogP contribution in [0.3, 0.4) is 0 Å². The fraction of sp³-hybridized carbons (Fsp3) is 0.792. The van der Waals surface area contributed by atoms with Crippen LogP contribution < -0.4 is 10.7 Å². The molecule has 0 unspecified atom stereocenters. The van der Waals surface area contributed by atoms with E-state index in [1.54, 1.807) is 65.3 Å². The zero-order valence-electron chi connectivity index (χ0n) is 46.4. The summed E-state index contributed by atoms with van der Waals surface area (Å²) in [6, 6.07) is 1.29. The summed E-state index contributed by atoms with van der Waals surface area (Å²) in [5, 5.41) is 47.9. The summed E-state index contributed by atoms with van der Waals surface area (Å²) in [6.45, 7) is 16.3. The molecule has 0 spiro atoms. The molecule has 0 aromatic carbocycles. The molecule has 1 aliphatic carbocycles. The van der Waals surface area contributed by atoms with Crippen molar-refractivity contribution in [1.29, 1.82) is 0 Å². The summed E-state index contributed by atoms with van der Waals surface area (Å²) in [4.78, 5) is 59.6. The molecule has 5 heterocycles. The van der Waals surface area contributed by atoms with Gasteiger partial charge in [-0.2, -0.15) is 8.42 Å². The number of carboxylic acids is 1. The molecule has 3 aliphatic heterocycles. The standard InChI is InChI=1S/C53H84N4O18S/c1-14-57-27-36(48(62)63)41(59)35-23-34(26-55-47(35)57)16-15-19-54-20-21-76(66,67)75-46-33(7)71-39(25-52(46,9)69-13)73-43-31(5)45(74-50-42(60)37(56(10)11)22-29(3)70-50)51(8,68-12)24-28(2)40(58)30(4)44(61)53(65)18-17-38(53)72-49(64)32(43)6/h23,26-33,37-39,42-46,50,54,60-61,65H,14-22,24-25H2,1-13H3,(H,62,63)/t28-,29-,30+,31+,32-,33+,37+,38-,39+,42-,43+,44-,45-,46+,50+,51-,52-,53-/m1/s1. The summed E-state index contributed by atoms with van der Waals surface area (Å²) in [5.41, 5.74) is -4.41. The van der Waals surface area contributed by atoms with Crippen molar-refractivity contribution in [2.75, 3.05) is 47.2 Å². The number of hydrogen-bond acceptors (Lipinski definition) is 20. The summed E-state index contributed by atoms with van der Waals surface area (Å²) < 4.78 is 79.6. The second-order valence-electron chi connectivity index (χ2n) is 22.4. The van der Waals surface area contributed by atoms with E-state index in [0.717, 1.165) is 5.56 Å². The van der Waals surface area contributed by atoms with E-state index in [4.69, 9.17) is 37.3 Å². The van der Waals surface area contributed by atoms with Crippen LogP contribution in [-0.4, -0.2) is 192 Å². The Kier molecular flexibility index (Phi) is 20.2. The number of ether oxygens (including phenoxy) is 7. The smallest absolute Gasteiger partial charge is 0.341 e. The lowest BCUT2D eigenvalue weighted by molar-refractivity contribution is -0.318. The molecular weight excluding hydrogens is 1010 g/mol. The number of likely N-dealkylation sites (N-methyl/N-ethyl adjacent to an activating group) is 1. The van der Waals surface area contributed by atoms with Crippen LogP contribution in [0.1, 0.15) is 117 Å². The number of carboxylic acid groups (broad SMARTS) is 1. The van der Waals surface area contributed by atoms with Gasteiger partial charge in [0.1, 0.15) is 40.9 Å². The second-order valence-corrected chi connectivity index (χ2v) is 24.1. The minimum Gasteiger partial charge on any atom is -0.477 e. The number of carbonyl (C=O) groups is 3. The van der Waals surface area contributed by atoms with Crippen molar-refractivity contribution in [3.8, 4) is 0 Å². The van der Waals surface area contributed by atoms with Crippen LogP contribution >= 0.6 is 0 Å². The van der Waals surface area contributed by atoms with Crippen molar-refractivity contribution in [2.45, 2.75) is 198 Å². The van der Waals surface area contributed by atoms with Crippen LogP contribution in [0.5, 0.6) is 0 Å². The highest BCUT2D eigenvalue weighted by atomic mass is 32.2. The van der Waals surface area contributed by atoms with Crippen molar-refractivity contribution >= 4 is 38.9 Å². The number of Topliss-reactive ketones (excluding diaryl/α,β-unsaturated/α-hetero) is 1. The minimum absolute atomic E-state index is 0.0386. The van der Waals surface area contributed by atoms with Gasteiger partial charge in [-0.3, -0.25) is 18.6 Å². The van der Waals surface area contributed by atoms with Crippen LogP contribution in [0.15, 0.2) is 23.3 Å². The monoisotopic (exact) mass is 1100 g/mol.